The highest BCUT2D eigenvalue weighted by Crippen LogP contribution is 2.35. The molecule has 0 saturated carbocycles. The van der Waals surface area contributed by atoms with E-state index < -0.39 is 5.82 Å². The van der Waals surface area contributed by atoms with Gasteiger partial charge < -0.3 is 0 Å². The summed E-state index contributed by atoms with van der Waals surface area (Å²) in [4.78, 5) is 0. The summed E-state index contributed by atoms with van der Waals surface area (Å²) in [7, 11) is 0. The van der Waals surface area contributed by atoms with Crippen LogP contribution in [0.4, 0.5) is 8.78 Å². The highest BCUT2D eigenvalue weighted by Gasteiger charge is 2.11. The van der Waals surface area contributed by atoms with E-state index in [0.29, 0.717) is 9.60 Å². The molecule has 2 aromatic rings. The fourth-order valence-electron chi connectivity index (χ4n) is 1.15. The molecule has 0 N–H and O–H groups in total. The largest absolute Gasteiger partial charge is 0.207 e. The normalized spacial score (nSPS) is 11.0. The van der Waals surface area contributed by atoms with Crippen molar-refractivity contribution in [3.8, 4) is 0 Å². The van der Waals surface area contributed by atoms with Gasteiger partial charge in [-0.1, -0.05) is 0 Å². The highest BCUT2D eigenvalue weighted by atomic mass is 32.2. The van der Waals surface area contributed by atoms with Crippen LogP contribution in [0.1, 0.15) is 0 Å². The van der Waals surface area contributed by atoms with Crippen molar-refractivity contribution < 1.29 is 8.78 Å². The third-order valence-electron chi connectivity index (χ3n) is 1.75. The summed E-state index contributed by atoms with van der Waals surface area (Å²) < 4.78 is 27.6. The quantitative estimate of drug-likeness (QED) is 0.651. The first-order chi connectivity index (χ1) is 6.22. The van der Waals surface area contributed by atoms with Gasteiger partial charge in [0.25, 0.3) is 0 Å². The Morgan fingerprint density at radius 3 is 2.77 bits per heavy atom. The van der Waals surface area contributed by atoms with Crippen LogP contribution in [0.2, 0.25) is 0 Å². The van der Waals surface area contributed by atoms with Crippen LogP contribution in [0.5, 0.6) is 0 Å². The van der Waals surface area contributed by atoms with Gasteiger partial charge in [0.2, 0.25) is 0 Å². The monoisotopic (exact) mass is 216 g/mol. The summed E-state index contributed by atoms with van der Waals surface area (Å²) >= 11 is 2.70. The predicted molar refractivity (Wildman–Crippen MR) is 53.5 cm³/mol. The molecule has 1 heterocycles. The molecule has 13 heavy (non-hydrogen) atoms. The van der Waals surface area contributed by atoms with E-state index in [1.165, 1.54) is 35.2 Å². The second-order valence-electron chi connectivity index (χ2n) is 2.55. The molecule has 0 saturated heterocycles. The lowest BCUT2D eigenvalue weighted by Crippen LogP contribution is -1.74. The maximum absolute atomic E-state index is 13.4. The zero-order valence-corrected chi connectivity index (χ0v) is 8.44. The fourth-order valence-corrected chi connectivity index (χ4v) is 2.83. The van der Waals surface area contributed by atoms with Crippen molar-refractivity contribution in [2.75, 3.05) is 6.26 Å². The number of benzene rings is 1. The van der Waals surface area contributed by atoms with Gasteiger partial charge in [-0.3, -0.25) is 0 Å². The number of thioether (sulfide) groups is 1. The maximum atomic E-state index is 13.4. The summed E-state index contributed by atoms with van der Waals surface area (Å²) in [5, 5.41) is 0.384. The van der Waals surface area contributed by atoms with Crippen molar-refractivity contribution >= 4 is 33.2 Å². The summed E-state index contributed by atoms with van der Waals surface area (Å²) in [6, 6.07) is 4.20. The van der Waals surface area contributed by atoms with E-state index in [4.69, 9.17) is 0 Å². The number of rotatable bonds is 1. The molecule has 4 heteroatoms. The minimum atomic E-state index is -0.392. The van der Waals surface area contributed by atoms with Crippen molar-refractivity contribution in [2.24, 2.45) is 0 Å². The molecule has 0 amide bonds. The minimum absolute atomic E-state index is 0.299. The van der Waals surface area contributed by atoms with Crippen LogP contribution < -0.4 is 0 Å². The van der Waals surface area contributed by atoms with E-state index in [0.717, 1.165) is 4.70 Å². The number of halogens is 2. The number of thiophene rings is 1. The Balaban J connectivity index is 2.77. The standard InChI is InChI=1S/C9H6F2S2/c1-12-9-8(11)6-4-5(10)2-3-7(6)13-9/h2-4H,1H3. The van der Waals surface area contributed by atoms with Crippen molar-refractivity contribution in [1.82, 2.24) is 0 Å². The predicted octanol–water partition coefficient (Wildman–Crippen LogP) is 3.90. The average Bonchev–Trinajstić information content (AvgIpc) is 2.44. The van der Waals surface area contributed by atoms with E-state index >= 15 is 0 Å². The summed E-state index contributed by atoms with van der Waals surface area (Å²) in [5.74, 6) is -0.691. The van der Waals surface area contributed by atoms with Gasteiger partial charge in [0.15, 0.2) is 5.82 Å². The number of fused-ring (bicyclic) bond motifs is 1. The van der Waals surface area contributed by atoms with Crippen LogP contribution in [0.15, 0.2) is 22.4 Å². The number of hydrogen-bond donors (Lipinski definition) is 0. The second-order valence-corrected chi connectivity index (χ2v) is 4.68. The molecular formula is C9H6F2S2. The first-order valence-electron chi connectivity index (χ1n) is 3.64. The lowest BCUT2D eigenvalue weighted by molar-refractivity contribution is 0.614. The highest BCUT2D eigenvalue weighted by molar-refractivity contribution is 8.00. The smallest absolute Gasteiger partial charge is 0.155 e. The zero-order valence-electron chi connectivity index (χ0n) is 6.80. The molecule has 0 aliphatic rings. The topological polar surface area (TPSA) is 0 Å². The van der Waals surface area contributed by atoms with Crippen LogP contribution in [0.25, 0.3) is 10.1 Å². The molecule has 0 nitrogen and oxygen atoms in total. The molecule has 1 aromatic carbocycles. The van der Waals surface area contributed by atoms with E-state index in [-0.39, 0.29) is 5.82 Å². The Morgan fingerprint density at radius 2 is 2.08 bits per heavy atom. The third kappa shape index (κ3) is 1.44. The Bertz CT molecular complexity index is 448. The number of hydrogen-bond acceptors (Lipinski definition) is 2. The van der Waals surface area contributed by atoms with Gasteiger partial charge in [0, 0.05) is 10.1 Å². The van der Waals surface area contributed by atoms with Gasteiger partial charge in [0.05, 0.1) is 4.21 Å². The van der Waals surface area contributed by atoms with Gasteiger partial charge in [-0.15, -0.1) is 23.1 Å². The average molecular weight is 216 g/mol. The van der Waals surface area contributed by atoms with Crippen LogP contribution >= 0.6 is 23.1 Å². The molecule has 0 unspecified atom stereocenters. The molecule has 2 rings (SSSR count). The van der Waals surface area contributed by atoms with Crippen LogP contribution in [0.3, 0.4) is 0 Å². The van der Waals surface area contributed by atoms with Crippen LogP contribution in [-0.4, -0.2) is 6.26 Å². The lowest BCUT2D eigenvalue weighted by Gasteiger charge is -1.89. The molecule has 68 valence electrons. The lowest BCUT2D eigenvalue weighted by atomic mass is 10.2. The molecule has 0 spiro atoms. The van der Waals surface area contributed by atoms with Crippen LogP contribution in [0, 0.1) is 11.6 Å². The van der Waals surface area contributed by atoms with E-state index in [9.17, 15) is 8.78 Å². The Morgan fingerprint density at radius 1 is 1.31 bits per heavy atom. The van der Waals surface area contributed by atoms with Crippen molar-refractivity contribution in [3.63, 3.8) is 0 Å². The van der Waals surface area contributed by atoms with Gasteiger partial charge in [-0.2, -0.15) is 0 Å². The molecular weight excluding hydrogens is 210 g/mol. The molecule has 1 aromatic heterocycles. The SMILES string of the molecule is CSc1sc2ccc(F)cc2c1F. The van der Waals surface area contributed by atoms with Crippen molar-refractivity contribution in [1.29, 1.82) is 0 Å². The molecule has 0 bridgehead atoms. The minimum Gasteiger partial charge on any atom is -0.207 e. The molecule has 0 atom stereocenters. The Kier molecular flexibility index (Phi) is 2.26. The van der Waals surface area contributed by atoms with Gasteiger partial charge in [0.1, 0.15) is 5.82 Å². The Hall–Kier alpha value is -0.610. The van der Waals surface area contributed by atoms with Gasteiger partial charge >= 0.3 is 0 Å². The molecule has 0 aliphatic carbocycles. The Labute approximate surface area is 82.6 Å². The first-order valence-corrected chi connectivity index (χ1v) is 5.68. The van der Waals surface area contributed by atoms with Gasteiger partial charge in [-0.05, 0) is 24.5 Å². The zero-order chi connectivity index (χ0) is 9.42. The third-order valence-corrected chi connectivity index (χ3v) is 3.99. The summed E-state index contributed by atoms with van der Waals surface area (Å²) in [6.07, 6.45) is 1.81. The molecule has 0 radical (unpaired) electrons. The van der Waals surface area contributed by atoms with E-state index in [1.54, 1.807) is 6.07 Å². The second kappa shape index (κ2) is 3.27. The first kappa shape index (κ1) is 8.97. The van der Waals surface area contributed by atoms with E-state index in [2.05, 4.69) is 0 Å². The van der Waals surface area contributed by atoms with Crippen molar-refractivity contribution in [3.05, 3.63) is 29.8 Å². The van der Waals surface area contributed by atoms with Crippen LogP contribution in [-0.2, 0) is 0 Å². The molecule has 0 fully saturated rings. The maximum Gasteiger partial charge on any atom is 0.155 e. The van der Waals surface area contributed by atoms with Crippen molar-refractivity contribution in [2.45, 2.75) is 4.21 Å². The van der Waals surface area contributed by atoms with Gasteiger partial charge in [-0.25, -0.2) is 8.78 Å². The molecule has 0 aliphatic heterocycles. The fraction of sp³-hybridized carbons (Fsp3) is 0.111. The summed E-state index contributed by atoms with van der Waals surface area (Å²) in [5.41, 5.74) is 0. The van der Waals surface area contributed by atoms with E-state index in [1.807, 2.05) is 6.26 Å². The summed E-state index contributed by atoms with van der Waals surface area (Å²) in [6.45, 7) is 0.